The molecule has 2 fully saturated rings. The third-order valence-corrected chi connectivity index (χ3v) is 5.54. The van der Waals surface area contributed by atoms with Crippen LogP contribution in [0.4, 0.5) is 4.79 Å². The molecule has 24 heavy (non-hydrogen) atoms. The fourth-order valence-corrected chi connectivity index (χ4v) is 4.05. The zero-order valence-corrected chi connectivity index (χ0v) is 14.5. The summed E-state index contributed by atoms with van der Waals surface area (Å²) in [6, 6.07) is 2.53. The van der Waals surface area contributed by atoms with Crippen LogP contribution < -0.4 is 0 Å². The van der Waals surface area contributed by atoms with Gasteiger partial charge in [0.1, 0.15) is 0 Å². The maximum Gasteiger partial charge on any atom is 0.320 e. The summed E-state index contributed by atoms with van der Waals surface area (Å²) < 4.78 is 5.38. The van der Waals surface area contributed by atoms with E-state index in [4.69, 9.17) is 4.52 Å². The number of amides is 2. The van der Waals surface area contributed by atoms with Gasteiger partial charge in [-0.15, -0.1) is 0 Å². The van der Waals surface area contributed by atoms with Crippen LogP contribution in [0.15, 0.2) is 21.3 Å². The van der Waals surface area contributed by atoms with Gasteiger partial charge in [0.2, 0.25) is 11.7 Å². The van der Waals surface area contributed by atoms with E-state index >= 15 is 0 Å². The Hall–Kier alpha value is -1.93. The maximum atomic E-state index is 12.1. The van der Waals surface area contributed by atoms with E-state index < -0.39 is 0 Å². The molecule has 0 aliphatic carbocycles. The number of carbonyl (C=O) groups is 1. The first-order chi connectivity index (χ1) is 11.7. The minimum Gasteiger partial charge on any atom is -0.338 e. The van der Waals surface area contributed by atoms with Crippen LogP contribution in [0.3, 0.4) is 0 Å². The normalized spacial score (nSPS) is 20.3. The van der Waals surface area contributed by atoms with Gasteiger partial charge in [-0.2, -0.15) is 16.3 Å². The summed E-state index contributed by atoms with van der Waals surface area (Å²) in [6.45, 7) is 4.28. The monoisotopic (exact) mass is 347 g/mol. The number of rotatable bonds is 4. The van der Waals surface area contributed by atoms with E-state index in [0.717, 1.165) is 44.6 Å². The number of piperidine rings is 1. The molecule has 128 valence electrons. The minimum atomic E-state index is 0.172. The van der Waals surface area contributed by atoms with E-state index in [1.54, 1.807) is 16.2 Å². The summed E-state index contributed by atoms with van der Waals surface area (Å²) >= 11 is 1.62. The van der Waals surface area contributed by atoms with Crippen LogP contribution in [-0.4, -0.2) is 70.1 Å². The first-order valence-corrected chi connectivity index (χ1v) is 9.24. The van der Waals surface area contributed by atoms with Gasteiger partial charge in [0.25, 0.3) is 0 Å². The predicted octanol–water partition coefficient (Wildman–Crippen LogP) is 2.13. The summed E-state index contributed by atoms with van der Waals surface area (Å²) in [5.74, 6) is 1.32. The SMILES string of the molecule is CN1CCN(C2CCN(Cc3nc(-c4ccsc4)no3)CC2)C1=O. The van der Waals surface area contributed by atoms with Gasteiger partial charge in [-0.3, -0.25) is 4.90 Å². The Labute approximate surface area is 144 Å². The Morgan fingerprint density at radius 1 is 1.29 bits per heavy atom. The molecule has 4 rings (SSSR count). The number of hydrogen-bond acceptors (Lipinski definition) is 6. The average Bonchev–Trinajstić information content (AvgIpc) is 3.32. The molecule has 7 nitrogen and oxygen atoms in total. The first kappa shape index (κ1) is 15.6. The molecular formula is C16H21N5O2S. The minimum absolute atomic E-state index is 0.172. The molecule has 0 spiro atoms. The molecule has 0 unspecified atom stereocenters. The molecule has 0 saturated carbocycles. The van der Waals surface area contributed by atoms with Gasteiger partial charge in [-0.05, 0) is 24.3 Å². The number of carbonyl (C=O) groups excluding carboxylic acids is 1. The molecule has 2 saturated heterocycles. The molecule has 2 amide bonds. The highest BCUT2D eigenvalue weighted by Crippen LogP contribution is 2.23. The number of urea groups is 1. The Balaban J connectivity index is 1.31. The second kappa shape index (κ2) is 6.52. The van der Waals surface area contributed by atoms with Gasteiger partial charge in [0.05, 0.1) is 6.54 Å². The Morgan fingerprint density at radius 2 is 2.12 bits per heavy atom. The van der Waals surface area contributed by atoms with Crippen LogP contribution in [0.1, 0.15) is 18.7 Å². The smallest absolute Gasteiger partial charge is 0.320 e. The summed E-state index contributed by atoms with van der Waals surface area (Å²) in [5, 5.41) is 8.08. The lowest BCUT2D eigenvalue weighted by molar-refractivity contribution is 0.120. The van der Waals surface area contributed by atoms with Crippen LogP contribution in [0.2, 0.25) is 0 Å². The van der Waals surface area contributed by atoms with Crippen LogP contribution in [0.25, 0.3) is 11.4 Å². The molecule has 0 N–H and O–H groups in total. The van der Waals surface area contributed by atoms with Gasteiger partial charge < -0.3 is 14.3 Å². The van der Waals surface area contributed by atoms with Crippen molar-refractivity contribution in [1.29, 1.82) is 0 Å². The number of likely N-dealkylation sites (N-methyl/N-ethyl adjacent to an activating group) is 1. The van der Waals surface area contributed by atoms with Crippen LogP contribution in [-0.2, 0) is 6.54 Å². The number of thiophene rings is 1. The largest absolute Gasteiger partial charge is 0.338 e. The van der Waals surface area contributed by atoms with Gasteiger partial charge in [-0.25, -0.2) is 4.79 Å². The average molecular weight is 347 g/mol. The van der Waals surface area contributed by atoms with Crippen molar-refractivity contribution in [2.75, 3.05) is 33.2 Å². The number of nitrogens with zero attached hydrogens (tertiary/aromatic N) is 5. The van der Waals surface area contributed by atoms with Gasteiger partial charge in [0.15, 0.2) is 0 Å². The predicted molar refractivity (Wildman–Crippen MR) is 90.6 cm³/mol. The number of hydrogen-bond donors (Lipinski definition) is 0. The van der Waals surface area contributed by atoms with Crippen LogP contribution in [0, 0.1) is 0 Å². The van der Waals surface area contributed by atoms with Gasteiger partial charge in [-0.1, -0.05) is 5.16 Å². The summed E-state index contributed by atoms with van der Waals surface area (Å²) in [5.41, 5.74) is 1.00. The van der Waals surface area contributed by atoms with E-state index in [-0.39, 0.29) is 6.03 Å². The third-order valence-electron chi connectivity index (χ3n) is 4.85. The first-order valence-electron chi connectivity index (χ1n) is 8.30. The van der Waals surface area contributed by atoms with Crippen molar-refractivity contribution < 1.29 is 9.32 Å². The van der Waals surface area contributed by atoms with Crippen molar-refractivity contribution in [3.63, 3.8) is 0 Å². The highest BCUT2D eigenvalue weighted by molar-refractivity contribution is 7.08. The zero-order valence-electron chi connectivity index (χ0n) is 13.7. The lowest BCUT2D eigenvalue weighted by Crippen LogP contribution is -2.46. The van der Waals surface area contributed by atoms with Crippen molar-refractivity contribution in [1.82, 2.24) is 24.8 Å². The maximum absolute atomic E-state index is 12.1. The van der Waals surface area contributed by atoms with E-state index in [1.165, 1.54) is 0 Å². The highest BCUT2D eigenvalue weighted by atomic mass is 32.1. The summed E-state index contributed by atoms with van der Waals surface area (Å²) in [4.78, 5) is 22.7. The fourth-order valence-electron chi connectivity index (χ4n) is 3.42. The molecule has 0 bridgehead atoms. The molecule has 0 aromatic carbocycles. The van der Waals surface area contributed by atoms with E-state index in [2.05, 4.69) is 15.0 Å². The Kier molecular flexibility index (Phi) is 4.24. The molecule has 2 aromatic rings. The number of aromatic nitrogens is 2. The van der Waals surface area contributed by atoms with Crippen molar-refractivity contribution in [3.05, 3.63) is 22.7 Å². The van der Waals surface area contributed by atoms with Crippen LogP contribution in [0.5, 0.6) is 0 Å². The van der Waals surface area contributed by atoms with Gasteiger partial charge in [0, 0.05) is 50.2 Å². The molecule has 2 aliphatic rings. The second-order valence-electron chi connectivity index (χ2n) is 6.43. The molecule has 2 aromatic heterocycles. The molecular weight excluding hydrogens is 326 g/mol. The van der Waals surface area contributed by atoms with Crippen molar-refractivity contribution in [3.8, 4) is 11.4 Å². The Morgan fingerprint density at radius 3 is 2.79 bits per heavy atom. The second-order valence-corrected chi connectivity index (χ2v) is 7.21. The molecule has 4 heterocycles. The fraction of sp³-hybridized carbons (Fsp3) is 0.562. The van der Waals surface area contributed by atoms with Crippen molar-refractivity contribution in [2.45, 2.75) is 25.4 Å². The standard InChI is InChI=1S/C16H21N5O2S/c1-19-7-8-21(16(19)22)13-2-5-20(6-3-13)10-14-17-15(18-23-14)12-4-9-24-11-12/h4,9,11,13H,2-3,5-8,10H2,1H3. The number of likely N-dealkylation sites (tertiary alicyclic amines) is 1. The van der Waals surface area contributed by atoms with Crippen LogP contribution >= 0.6 is 11.3 Å². The quantitative estimate of drug-likeness (QED) is 0.848. The molecule has 8 heteroatoms. The molecule has 0 atom stereocenters. The lowest BCUT2D eigenvalue weighted by Gasteiger charge is -2.35. The van der Waals surface area contributed by atoms with E-state index in [1.807, 2.05) is 28.8 Å². The van der Waals surface area contributed by atoms with Gasteiger partial charge >= 0.3 is 6.03 Å². The van der Waals surface area contributed by atoms with Crippen molar-refractivity contribution in [2.24, 2.45) is 0 Å². The summed E-state index contributed by atoms with van der Waals surface area (Å²) in [7, 11) is 1.87. The highest BCUT2D eigenvalue weighted by Gasteiger charge is 2.33. The zero-order chi connectivity index (χ0) is 16.5. The Bertz CT molecular complexity index is 693. The van der Waals surface area contributed by atoms with E-state index in [0.29, 0.717) is 24.3 Å². The third kappa shape index (κ3) is 3.03. The molecule has 0 radical (unpaired) electrons. The van der Waals surface area contributed by atoms with E-state index in [9.17, 15) is 4.79 Å². The summed E-state index contributed by atoms with van der Waals surface area (Å²) in [6.07, 6.45) is 2.01. The van der Waals surface area contributed by atoms with Crippen molar-refractivity contribution >= 4 is 17.4 Å². The molecule has 2 aliphatic heterocycles. The lowest BCUT2D eigenvalue weighted by atomic mass is 10.0. The topological polar surface area (TPSA) is 65.7 Å².